The maximum Gasteiger partial charge on any atom is 0.243 e. The SMILES string of the molecule is CC(=O)Nc1ccc(-c2csc(NC(=O)[C@@H](N)CC(C)C)n2)c(F)c1.Cl. The van der Waals surface area contributed by atoms with E-state index in [9.17, 15) is 14.0 Å². The zero-order valence-electron chi connectivity index (χ0n) is 14.7. The number of halogens is 2. The lowest BCUT2D eigenvalue weighted by atomic mass is 10.0. The third-order valence-electron chi connectivity index (χ3n) is 3.36. The fraction of sp³-hybridized carbons (Fsp3) is 0.353. The van der Waals surface area contributed by atoms with Crippen LogP contribution in [0.4, 0.5) is 15.2 Å². The zero-order valence-corrected chi connectivity index (χ0v) is 16.3. The summed E-state index contributed by atoms with van der Waals surface area (Å²) >= 11 is 1.20. The van der Waals surface area contributed by atoms with Crippen LogP contribution in [-0.2, 0) is 9.59 Å². The van der Waals surface area contributed by atoms with E-state index in [0.29, 0.717) is 28.9 Å². The van der Waals surface area contributed by atoms with Gasteiger partial charge in [0.05, 0.1) is 11.7 Å². The Morgan fingerprint density at radius 2 is 2.00 bits per heavy atom. The summed E-state index contributed by atoms with van der Waals surface area (Å²) in [5.74, 6) is -0.783. The highest BCUT2D eigenvalue weighted by atomic mass is 35.5. The van der Waals surface area contributed by atoms with Crippen molar-refractivity contribution in [2.45, 2.75) is 33.2 Å². The van der Waals surface area contributed by atoms with Crippen molar-refractivity contribution in [1.29, 1.82) is 0 Å². The molecule has 0 aliphatic carbocycles. The maximum atomic E-state index is 14.2. The van der Waals surface area contributed by atoms with Crippen molar-refractivity contribution in [2.75, 3.05) is 10.6 Å². The van der Waals surface area contributed by atoms with E-state index in [1.54, 1.807) is 11.4 Å². The molecule has 0 saturated carbocycles. The van der Waals surface area contributed by atoms with E-state index in [1.165, 1.54) is 30.4 Å². The second-order valence-electron chi connectivity index (χ2n) is 6.14. The van der Waals surface area contributed by atoms with Crippen LogP contribution in [0.3, 0.4) is 0 Å². The second-order valence-corrected chi connectivity index (χ2v) is 7.00. The van der Waals surface area contributed by atoms with E-state index < -0.39 is 11.9 Å². The van der Waals surface area contributed by atoms with Gasteiger partial charge in [-0.25, -0.2) is 9.37 Å². The Morgan fingerprint density at radius 3 is 2.58 bits per heavy atom. The Morgan fingerprint density at radius 1 is 1.31 bits per heavy atom. The number of nitrogens with one attached hydrogen (secondary N) is 2. The molecule has 0 bridgehead atoms. The summed E-state index contributed by atoms with van der Waals surface area (Å²) in [5.41, 5.74) is 6.90. The van der Waals surface area contributed by atoms with Crippen LogP contribution in [0.25, 0.3) is 11.3 Å². The molecule has 0 aliphatic heterocycles. The van der Waals surface area contributed by atoms with Crippen molar-refractivity contribution in [3.8, 4) is 11.3 Å². The molecule has 2 amide bonds. The standard InChI is InChI=1S/C17H21FN4O2S.ClH/c1-9(2)6-14(19)16(24)22-17-21-15(8-25-17)12-5-4-11(7-13(12)18)20-10(3)23;/h4-5,7-9,14H,6,19H2,1-3H3,(H,20,23)(H,21,22,24);1H/t14-;/m0./s1. The molecule has 0 unspecified atom stereocenters. The van der Waals surface area contributed by atoms with E-state index in [0.717, 1.165) is 0 Å². The van der Waals surface area contributed by atoms with Gasteiger partial charge in [-0.2, -0.15) is 0 Å². The fourth-order valence-electron chi connectivity index (χ4n) is 2.27. The number of carbonyl (C=O) groups excluding carboxylic acids is 2. The number of anilines is 2. The summed E-state index contributed by atoms with van der Waals surface area (Å²) < 4.78 is 14.2. The lowest BCUT2D eigenvalue weighted by molar-refractivity contribution is -0.117. The van der Waals surface area contributed by atoms with Gasteiger partial charge in [0, 0.05) is 23.6 Å². The summed E-state index contributed by atoms with van der Waals surface area (Å²) in [6, 6.07) is 3.75. The molecule has 0 saturated heterocycles. The van der Waals surface area contributed by atoms with E-state index >= 15 is 0 Å². The van der Waals surface area contributed by atoms with Crippen LogP contribution in [0.5, 0.6) is 0 Å². The third-order valence-corrected chi connectivity index (χ3v) is 4.12. The first-order valence-corrected chi connectivity index (χ1v) is 8.73. The molecular formula is C17H22ClFN4O2S. The van der Waals surface area contributed by atoms with E-state index in [2.05, 4.69) is 15.6 Å². The smallest absolute Gasteiger partial charge is 0.243 e. The van der Waals surface area contributed by atoms with Gasteiger partial charge >= 0.3 is 0 Å². The molecule has 26 heavy (non-hydrogen) atoms. The Hall–Kier alpha value is -2.03. The molecule has 1 aromatic carbocycles. The monoisotopic (exact) mass is 400 g/mol. The molecule has 1 aromatic heterocycles. The number of nitrogens with zero attached hydrogens (tertiary/aromatic N) is 1. The average molecular weight is 401 g/mol. The van der Waals surface area contributed by atoms with Crippen LogP contribution < -0.4 is 16.4 Å². The van der Waals surface area contributed by atoms with Crippen LogP contribution in [0, 0.1) is 11.7 Å². The van der Waals surface area contributed by atoms with Gasteiger partial charge in [-0.1, -0.05) is 13.8 Å². The molecule has 0 spiro atoms. The number of aromatic nitrogens is 1. The Labute approximate surface area is 161 Å². The molecule has 1 atom stereocenters. The van der Waals surface area contributed by atoms with Crippen molar-refractivity contribution in [3.63, 3.8) is 0 Å². The quantitative estimate of drug-likeness (QED) is 0.689. The summed E-state index contributed by atoms with van der Waals surface area (Å²) in [4.78, 5) is 27.3. The van der Waals surface area contributed by atoms with Gasteiger partial charge in [0.25, 0.3) is 0 Å². The minimum absolute atomic E-state index is 0. The molecule has 2 rings (SSSR count). The van der Waals surface area contributed by atoms with Crippen LogP contribution in [0.15, 0.2) is 23.6 Å². The second kappa shape index (κ2) is 9.61. The summed E-state index contributed by atoms with van der Waals surface area (Å²) in [7, 11) is 0. The van der Waals surface area contributed by atoms with Crippen LogP contribution in [-0.4, -0.2) is 22.8 Å². The van der Waals surface area contributed by atoms with Crippen molar-refractivity contribution in [3.05, 3.63) is 29.4 Å². The topological polar surface area (TPSA) is 97.1 Å². The van der Waals surface area contributed by atoms with Crippen molar-refractivity contribution in [1.82, 2.24) is 4.98 Å². The molecule has 0 aliphatic rings. The Balaban J connectivity index is 0.00000338. The highest BCUT2D eigenvalue weighted by Crippen LogP contribution is 2.28. The average Bonchev–Trinajstić information content (AvgIpc) is 2.94. The molecular weight excluding hydrogens is 379 g/mol. The predicted molar refractivity (Wildman–Crippen MR) is 105 cm³/mol. The van der Waals surface area contributed by atoms with Gasteiger partial charge in [0.1, 0.15) is 5.82 Å². The van der Waals surface area contributed by atoms with Gasteiger partial charge in [-0.3, -0.25) is 9.59 Å². The lowest BCUT2D eigenvalue weighted by Gasteiger charge is -2.12. The highest BCUT2D eigenvalue weighted by Gasteiger charge is 2.17. The van der Waals surface area contributed by atoms with E-state index in [4.69, 9.17) is 5.73 Å². The van der Waals surface area contributed by atoms with Crippen LogP contribution >= 0.6 is 23.7 Å². The first kappa shape index (κ1) is 22.0. The number of amides is 2. The van der Waals surface area contributed by atoms with Gasteiger partial charge in [-0.05, 0) is 30.5 Å². The summed E-state index contributed by atoms with van der Waals surface area (Å²) in [6.07, 6.45) is 0.573. The van der Waals surface area contributed by atoms with Gasteiger partial charge in [-0.15, -0.1) is 23.7 Å². The molecule has 4 N–H and O–H groups in total. The molecule has 0 radical (unpaired) electrons. The molecule has 142 valence electrons. The molecule has 2 aromatic rings. The number of nitrogens with two attached hydrogens (primary N) is 1. The van der Waals surface area contributed by atoms with Gasteiger partial charge < -0.3 is 16.4 Å². The molecule has 9 heteroatoms. The predicted octanol–water partition coefficient (Wildman–Crippen LogP) is 3.64. The Bertz CT molecular complexity index is 782. The largest absolute Gasteiger partial charge is 0.326 e. The maximum absolute atomic E-state index is 14.2. The first-order valence-electron chi connectivity index (χ1n) is 7.85. The number of rotatable bonds is 6. The summed E-state index contributed by atoms with van der Waals surface area (Å²) in [5, 5.41) is 7.19. The van der Waals surface area contributed by atoms with Crippen molar-refractivity contribution >= 4 is 46.4 Å². The third kappa shape index (κ3) is 6.05. The highest BCUT2D eigenvalue weighted by molar-refractivity contribution is 7.14. The Kier molecular flexibility index (Phi) is 8.13. The number of thiazole rings is 1. The molecule has 6 nitrogen and oxygen atoms in total. The minimum atomic E-state index is -0.610. The van der Waals surface area contributed by atoms with Crippen LogP contribution in [0.1, 0.15) is 27.2 Å². The van der Waals surface area contributed by atoms with Gasteiger partial charge in [0.15, 0.2) is 5.13 Å². The lowest BCUT2D eigenvalue weighted by Crippen LogP contribution is -2.36. The first-order chi connectivity index (χ1) is 11.8. The van der Waals surface area contributed by atoms with Crippen molar-refractivity contribution < 1.29 is 14.0 Å². The molecule has 1 heterocycles. The van der Waals surface area contributed by atoms with E-state index in [-0.39, 0.29) is 29.8 Å². The van der Waals surface area contributed by atoms with Crippen molar-refractivity contribution in [2.24, 2.45) is 11.7 Å². The number of hydrogen-bond donors (Lipinski definition) is 3. The van der Waals surface area contributed by atoms with Gasteiger partial charge in [0.2, 0.25) is 11.8 Å². The summed E-state index contributed by atoms with van der Waals surface area (Å²) in [6.45, 7) is 5.33. The number of hydrogen-bond acceptors (Lipinski definition) is 5. The number of carbonyl (C=O) groups is 2. The number of benzene rings is 1. The van der Waals surface area contributed by atoms with Crippen LogP contribution in [0.2, 0.25) is 0 Å². The minimum Gasteiger partial charge on any atom is -0.326 e. The molecule has 0 fully saturated rings. The normalized spacial score (nSPS) is 11.6. The fourth-order valence-corrected chi connectivity index (χ4v) is 2.99. The zero-order chi connectivity index (χ0) is 18.6. The van der Waals surface area contributed by atoms with E-state index in [1.807, 2.05) is 13.8 Å².